The molecule has 0 radical (unpaired) electrons. The van der Waals surface area contributed by atoms with Crippen molar-refractivity contribution < 1.29 is 18.0 Å². The average Bonchev–Trinajstić information content (AvgIpc) is 3.34. The van der Waals surface area contributed by atoms with Gasteiger partial charge in [-0.15, -0.1) is 0 Å². The fraction of sp³-hybridized carbons (Fsp3) is 0.652. The van der Waals surface area contributed by atoms with Gasteiger partial charge in [0, 0.05) is 38.3 Å². The molecule has 0 saturated carbocycles. The maximum absolute atomic E-state index is 13.6. The van der Waals surface area contributed by atoms with Gasteiger partial charge in [0.1, 0.15) is 6.04 Å². The molecule has 0 aliphatic carbocycles. The van der Waals surface area contributed by atoms with Gasteiger partial charge in [-0.25, -0.2) is 8.42 Å². The van der Waals surface area contributed by atoms with Gasteiger partial charge in [0.15, 0.2) is 0 Å². The van der Waals surface area contributed by atoms with Crippen molar-refractivity contribution in [2.45, 2.75) is 69.2 Å². The third-order valence-corrected chi connectivity index (χ3v) is 8.75. The Hall–Kier alpha value is -1.93. The van der Waals surface area contributed by atoms with Crippen molar-refractivity contribution in [3.05, 3.63) is 29.3 Å². The molecule has 0 bridgehead atoms. The van der Waals surface area contributed by atoms with Gasteiger partial charge in [0.25, 0.3) is 5.91 Å². The number of rotatable bonds is 4. The van der Waals surface area contributed by atoms with Crippen LogP contribution >= 0.6 is 0 Å². The highest BCUT2D eigenvalue weighted by Crippen LogP contribution is 2.27. The maximum atomic E-state index is 13.6. The largest absolute Gasteiger partial charge is 0.341 e. The molecule has 2 amide bonds. The zero-order valence-electron chi connectivity index (χ0n) is 18.4. The van der Waals surface area contributed by atoms with Crippen LogP contribution < -0.4 is 0 Å². The molecular formula is C23H33N3O4S. The standard InChI is InChI=1S/C23H33N3O4S/c1-18-10-11-19(31(29,30)25-14-4-2-5-15-25)17-20(18)22(27)26-16-6-3-9-21(26)23(28)24-12-7-8-13-24/h10-11,17,21H,2-9,12-16H2,1H3. The first-order chi connectivity index (χ1) is 14.9. The van der Waals surface area contributed by atoms with Gasteiger partial charge in [-0.2, -0.15) is 4.31 Å². The number of carbonyl (C=O) groups excluding carboxylic acids is 2. The first-order valence-electron chi connectivity index (χ1n) is 11.6. The molecule has 3 heterocycles. The molecule has 1 aromatic rings. The molecule has 7 nitrogen and oxygen atoms in total. The Labute approximate surface area is 185 Å². The fourth-order valence-corrected chi connectivity index (χ4v) is 6.52. The summed E-state index contributed by atoms with van der Waals surface area (Å²) in [5.74, 6) is -0.189. The van der Waals surface area contributed by atoms with E-state index in [4.69, 9.17) is 0 Å². The van der Waals surface area contributed by atoms with Crippen LogP contribution in [-0.2, 0) is 14.8 Å². The maximum Gasteiger partial charge on any atom is 0.254 e. The van der Waals surface area contributed by atoms with Crippen LogP contribution in [0.3, 0.4) is 0 Å². The molecule has 1 unspecified atom stereocenters. The SMILES string of the molecule is Cc1ccc(S(=O)(=O)N2CCCCC2)cc1C(=O)N1CCCCC1C(=O)N1CCCC1. The van der Waals surface area contributed by atoms with Crippen LogP contribution in [0.25, 0.3) is 0 Å². The lowest BCUT2D eigenvalue weighted by Gasteiger charge is -2.37. The lowest BCUT2D eigenvalue weighted by molar-refractivity contribution is -0.136. The number of hydrogen-bond donors (Lipinski definition) is 0. The van der Waals surface area contributed by atoms with Gasteiger partial charge in [-0.05, 0) is 69.6 Å². The van der Waals surface area contributed by atoms with E-state index in [1.54, 1.807) is 17.0 Å². The van der Waals surface area contributed by atoms with Crippen molar-refractivity contribution in [3.8, 4) is 0 Å². The highest BCUT2D eigenvalue weighted by Gasteiger charge is 2.37. The molecule has 3 saturated heterocycles. The molecule has 1 aromatic carbocycles. The van der Waals surface area contributed by atoms with Crippen LogP contribution in [0, 0.1) is 6.92 Å². The van der Waals surface area contributed by atoms with Crippen LogP contribution in [0.1, 0.15) is 67.3 Å². The van der Waals surface area contributed by atoms with E-state index in [2.05, 4.69) is 0 Å². The number of aryl methyl sites for hydroxylation is 1. The quantitative estimate of drug-likeness (QED) is 0.711. The van der Waals surface area contributed by atoms with Gasteiger partial charge < -0.3 is 9.80 Å². The van der Waals surface area contributed by atoms with Gasteiger partial charge in [0.05, 0.1) is 4.90 Å². The molecule has 3 aliphatic rings. The van der Waals surface area contributed by atoms with E-state index in [1.807, 2.05) is 11.8 Å². The number of benzene rings is 1. The monoisotopic (exact) mass is 447 g/mol. The van der Waals surface area contributed by atoms with E-state index in [-0.39, 0.29) is 16.7 Å². The van der Waals surface area contributed by atoms with Crippen molar-refractivity contribution in [1.29, 1.82) is 0 Å². The average molecular weight is 448 g/mol. The number of amides is 2. The van der Waals surface area contributed by atoms with Crippen LogP contribution in [0.15, 0.2) is 23.1 Å². The van der Waals surface area contributed by atoms with Crippen LogP contribution in [0.2, 0.25) is 0 Å². The lowest BCUT2D eigenvalue weighted by atomic mass is 9.98. The Morgan fingerprint density at radius 1 is 0.871 bits per heavy atom. The predicted octanol–water partition coefficient (Wildman–Crippen LogP) is 2.79. The molecule has 3 fully saturated rings. The minimum atomic E-state index is -3.62. The smallest absolute Gasteiger partial charge is 0.254 e. The second kappa shape index (κ2) is 9.28. The Morgan fingerprint density at radius 2 is 1.52 bits per heavy atom. The third kappa shape index (κ3) is 4.51. The number of carbonyl (C=O) groups is 2. The summed E-state index contributed by atoms with van der Waals surface area (Å²) in [5.41, 5.74) is 1.12. The van der Waals surface area contributed by atoms with E-state index in [0.29, 0.717) is 31.6 Å². The Bertz CT molecular complexity index is 934. The van der Waals surface area contributed by atoms with E-state index in [9.17, 15) is 18.0 Å². The summed E-state index contributed by atoms with van der Waals surface area (Å²) < 4.78 is 27.8. The summed E-state index contributed by atoms with van der Waals surface area (Å²) in [6, 6.07) is 4.39. The number of likely N-dealkylation sites (tertiary alicyclic amines) is 2. The summed E-state index contributed by atoms with van der Waals surface area (Å²) in [4.78, 5) is 30.4. The second-order valence-electron chi connectivity index (χ2n) is 8.98. The highest BCUT2D eigenvalue weighted by atomic mass is 32.2. The fourth-order valence-electron chi connectivity index (χ4n) is 4.98. The van der Waals surface area contributed by atoms with Crippen LogP contribution in [0.4, 0.5) is 0 Å². The normalized spacial score (nSPS) is 23.2. The first-order valence-corrected chi connectivity index (χ1v) is 13.0. The molecule has 0 N–H and O–H groups in total. The Kier molecular flexibility index (Phi) is 6.67. The van der Waals surface area contributed by atoms with Gasteiger partial charge in [0.2, 0.25) is 15.9 Å². The zero-order valence-corrected chi connectivity index (χ0v) is 19.2. The summed E-state index contributed by atoms with van der Waals surface area (Å²) in [6.07, 6.45) is 7.27. The molecule has 0 aromatic heterocycles. The predicted molar refractivity (Wildman–Crippen MR) is 118 cm³/mol. The molecule has 1 atom stereocenters. The van der Waals surface area contributed by atoms with Crippen LogP contribution in [-0.4, -0.2) is 73.1 Å². The summed E-state index contributed by atoms with van der Waals surface area (Å²) in [5, 5.41) is 0. The Balaban J connectivity index is 1.61. The lowest BCUT2D eigenvalue weighted by Crippen LogP contribution is -2.52. The number of sulfonamides is 1. The summed E-state index contributed by atoms with van der Waals surface area (Å²) in [7, 11) is -3.62. The van der Waals surface area contributed by atoms with Gasteiger partial charge >= 0.3 is 0 Å². The van der Waals surface area contributed by atoms with Crippen LogP contribution in [0.5, 0.6) is 0 Å². The number of nitrogens with zero attached hydrogens (tertiary/aromatic N) is 3. The third-order valence-electron chi connectivity index (χ3n) is 6.86. The van der Waals surface area contributed by atoms with Crippen molar-refractivity contribution in [2.24, 2.45) is 0 Å². The minimum Gasteiger partial charge on any atom is -0.341 e. The Morgan fingerprint density at radius 3 is 2.23 bits per heavy atom. The van der Waals surface area contributed by atoms with E-state index >= 15 is 0 Å². The summed E-state index contributed by atoms with van der Waals surface area (Å²) >= 11 is 0. The van der Waals surface area contributed by atoms with E-state index in [1.165, 1.54) is 10.4 Å². The number of piperidine rings is 2. The highest BCUT2D eigenvalue weighted by molar-refractivity contribution is 7.89. The number of hydrogen-bond acceptors (Lipinski definition) is 4. The molecule has 170 valence electrons. The molecular weight excluding hydrogens is 414 g/mol. The molecule has 8 heteroatoms. The van der Waals surface area contributed by atoms with E-state index in [0.717, 1.165) is 63.6 Å². The topological polar surface area (TPSA) is 78.0 Å². The second-order valence-corrected chi connectivity index (χ2v) is 10.9. The molecule has 31 heavy (non-hydrogen) atoms. The van der Waals surface area contributed by atoms with Gasteiger partial charge in [-0.1, -0.05) is 12.5 Å². The minimum absolute atomic E-state index is 0.0419. The first kappa shape index (κ1) is 22.3. The molecule has 3 aliphatic heterocycles. The van der Waals surface area contributed by atoms with Crippen molar-refractivity contribution in [2.75, 3.05) is 32.7 Å². The molecule has 0 spiro atoms. The van der Waals surface area contributed by atoms with E-state index < -0.39 is 16.1 Å². The van der Waals surface area contributed by atoms with Crippen molar-refractivity contribution >= 4 is 21.8 Å². The molecule has 4 rings (SSSR count). The van der Waals surface area contributed by atoms with Gasteiger partial charge in [-0.3, -0.25) is 9.59 Å². The summed E-state index contributed by atoms with van der Waals surface area (Å²) in [6.45, 7) is 4.94. The van der Waals surface area contributed by atoms with Crippen molar-refractivity contribution in [3.63, 3.8) is 0 Å². The van der Waals surface area contributed by atoms with Crippen molar-refractivity contribution in [1.82, 2.24) is 14.1 Å². The zero-order chi connectivity index (χ0) is 22.0.